The minimum absolute atomic E-state index is 0.571. The van der Waals surface area contributed by atoms with Crippen LogP contribution in [-0.2, 0) is 0 Å². The Morgan fingerprint density at radius 3 is 1.20 bits per heavy atom. The molecule has 40 heavy (non-hydrogen) atoms. The third kappa shape index (κ3) is 3.54. The highest BCUT2D eigenvalue weighted by Gasteiger charge is 2.17. The van der Waals surface area contributed by atoms with Crippen LogP contribution < -0.4 is 0 Å². The van der Waals surface area contributed by atoms with Crippen molar-refractivity contribution >= 4 is 43.1 Å². The van der Waals surface area contributed by atoms with Gasteiger partial charge in [-0.25, -0.2) is 0 Å². The maximum Gasteiger partial charge on any atom is 0.0629 e. The summed E-state index contributed by atoms with van der Waals surface area (Å²) in [6.07, 6.45) is 0. The molecule has 0 aliphatic heterocycles. The van der Waals surface area contributed by atoms with Crippen molar-refractivity contribution in [2.45, 2.75) is 0 Å². The summed E-state index contributed by atoms with van der Waals surface area (Å²) in [7, 11) is 0. The van der Waals surface area contributed by atoms with Crippen molar-refractivity contribution in [3.8, 4) is 33.4 Å². The van der Waals surface area contributed by atoms with Crippen LogP contribution in [0.2, 0.25) is 0 Å². The van der Waals surface area contributed by atoms with E-state index in [1.54, 1.807) is 0 Å². The van der Waals surface area contributed by atoms with Gasteiger partial charge in [0.2, 0.25) is 0 Å². The predicted octanol–water partition coefficient (Wildman–Crippen LogP) is 11.3. The van der Waals surface area contributed by atoms with E-state index in [9.17, 15) is 12.3 Å². The fourth-order valence-electron chi connectivity index (χ4n) is 4.69. The van der Waals surface area contributed by atoms with Crippen LogP contribution >= 0.6 is 0 Å². The molecule has 0 spiro atoms. The lowest BCUT2D eigenvalue weighted by molar-refractivity contribution is 1.63. The van der Waals surface area contributed by atoms with Gasteiger partial charge >= 0.3 is 0 Å². The molecule has 0 N–H and O–H groups in total. The zero-order valence-electron chi connectivity index (χ0n) is 46.0. The molecule has 0 bridgehead atoms. The van der Waals surface area contributed by atoms with Gasteiger partial charge in [0.1, 0.15) is 0 Å². The van der Waals surface area contributed by atoms with E-state index in [2.05, 4.69) is 0 Å². The monoisotopic (exact) mass is 532 g/mol. The highest BCUT2D eigenvalue weighted by atomic mass is 14.2. The number of benzene rings is 8. The Morgan fingerprint density at radius 2 is 0.650 bits per heavy atom. The van der Waals surface area contributed by atoms with Crippen molar-refractivity contribution in [3.05, 3.63) is 157 Å². The van der Waals surface area contributed by atoms with Gasteiger partial charge in [0.15, 0.2) is 0 Å². The van der Waals surface area contributed by atoms with E-state index < -0.39 is 234 Å². The van der Waals surface area contributed by atoms with Crippen molar-refractivity contribution in [2.75, 3.05) is 0 Å². The minimum atomic E-state index is -1.08. The van der Waals surface area contributed by atoms with Gasteiger partial charge in [0.25, 0.3) is 0 Å². The molecule has 0 saturated heterocycles. The molecule has 0 aromatic heterocycles. The molecule has 8 rings (SSSR count). The smallest absolute Gasteiger partial charge is 0.0616 e. The molecule has 0 atom stereocenters. The molecular weight excluding hydrogens is 480 g/mol. The largest absolute Gasteiger partial charge is 0.0629 e. The van der Waals surface area contributed by atoms with Crippen LogP contribution in [0.1, 0.15) is 35.6 Å². The fourth-order valence-corrected chi connectivity index (χ4v) is 4.69. The molecular formula is C40H26. The first-order chi connectivity index (χ1) is 30.7. The third-order valence-electron chi connectivity index (χ3n) is 6.38. The molecule has 0 unspecified atom stereocenters. The van der Waals surface area contributed by atoms with Crippen LogP contribution in [0.5, 0.6) is 0 Å². The van der Waals surface area contributed by atoms with Gasteiger partial charge in [-0.15, -0.1) is 0 Å². The van der Waals surface area contributed by atoms with Crippen LogP contribution in [0.3, 0.4) is 0 Å². The minimum Gasteiger partial charge on any atom is -0.0616 e. The first kappa shape index (κ1) is 8.65. The molecule has 0 heterocycles. The summed E-state index contributed by atoms with van der Waals surface area (Å²) in [5, 5.41) is -5.29. The second-order valence-corrected chi connectivity index (χ2v) is 8.50. The van der Waals surface area contributed by atoms with Crippen LogP contribution in [0.15, 0.2) is 157 Å². The second kappa shape index (κ2) is 9.22. The second-order valence-electron chi connectivity index (χ2n) is 8.50. The molecule has 8 aromatic rings. The fraction of sp³-hybridized carbons (Fsp3) is 0. The van der Waals surface area contributed by atoms with Gasteiger partial charge in [-0.1, -0.05) is 157 Å². The maximum atomic E-state index is 9.47. The summed E-state index contributed by atoms with van der Waals surface area (Å²) in [6.45, 7) is 0. The molecule has 0 nitrogen and oxygen atoms in total. The summed E-state index contributed by atoms with van der Waals surface area (Å²) >= 11 is 0. The van der Waals surface area contributed by atoms with Gasteiger partial charge in [0, 0.05) is 0 Å². The molecule has 0 heteroatoms. The SMILES string of the molecule is [2H]c1c([2H])c(-c2c3c([2H])c([2H])c([2H])c([2H])c3c(-c3c([2H])c([2H])c([2H])c4c([2H])c([2H])c([2H])c([2H])c34)c3c([2H])c([2H])c([2H])c([2H])c23)c([2H])c([2H])c1-c1c([2H])c([2H])c([2H])c2c([2H])c([2H])c([2H])c([2H])c12. The lowest BCUT2D eigenvalue weighted by atomic mass is 9.84. The number of hydrogen-bond donors (Lipinski definition) is 0. The van der Waals surface area contributed by atoms with Crippen molar-refractivity contribution in [2.24, 2.45) is 0 Å². The van der Waals surface area contributed by atoms with Gasteiger partial charge in [-0.3, -0.25) is 0 Å². The van der Waals surface area contributed by atoms with Crippen LogP contribution in [0.4, 0.5) is 0 Å². The topological polar surface area (TPSA) is 0 Å². The molecule has 0 fully saturated rings. The Bertz CT molecular complexity index is 3520. The van der Waals surface area contributed by atoms with E-state index in [1.165, 1.54) is 0 Å². The van der Waals surface area contributed by atoms with Crippen molar-refractivity contribution in [3.63, 3.8) is 0 Å². The highest BCUT2D eigenvalue weighted by Crippen LogP contribution is 2.45. The average molecular weight is 533 g/mol. The summed E-state index contributed by atoms with van der Waals surface area (Å²) in [6, 6.07) is -24.2. The van der Waals surface area contributed by atoms with Crippen molar-refractivity contribution in [1.82, 2.24) is 0 Å². The van der Waals surface area contributed by atoms with E-state index in [-0.39, 0.29) is 0 Å². The number of rotatable bonds is 3. The van der Waals surface area contributed by atoms with Gasteiger partial charge in [-0.05, 0) is 76.5 Å². The number of hydrogen-bond acceptors (Lipinski definition) is 0. The van der Waals surface area contributed by atoms with Crippen molar-refractivity contribution < 1.29 is 35.6 Å². The summed E-state index contributed by atoms with van der Waals surface area (Å²) < 4.78 is 231. The van der Waals surface area contributed by atoms with E-state index >= 15 is 0 Å². The molecule has 0 saturated carbocycles. The molecule has 0 amide bonds. The molecule has 0 radical (unpaired) electrons. The Kier molecular flexibility index (Phi) is 1.99. The normalized spacial score (nSPS) is 20.6. The first-order valence-corrected chi connectivity index (χ1v) is 11.8. The van der Waals surface area contributed by atoms with Crippen LogP contribution in [0, 0.1) is 0 Å². The molecule has 8 aromatic carbocycles. The lowest BCUT2D eigenvalue weighted by Crippen LogP contribution is -1.91. The Morgan fingerprint density at radius 1 is 0.275 bits per heavy atom. The maximum absolute atomic E-state index is 9.47. The molecule has 0 aliphatic rings. The van der Waals surface area contributed by atoms with Crippen molar-refractivity contribution in [1.29, 1.82) is 0 Å². The van der Waals surface area contributed by atoms with Crippen LogP contribution in [-0.4, -0.2) is 0 Å². The Balaban J connectivity index is 1.71. The van der Waals surface area contributed by atoms with E-state index in [0.717, 1.165) is 0 Å². The number of fused-ring (bicyclic) bond motifs is 4. The summed E-state index contributed by atoms with van der Waals surface area (Å²) in [5.74, 6) is 0. The van der Waals surface area contributed by atoms with E-state index in [0.29, 0.717) is 0 Å². The zero-order chi connectivity index (χ0) is 49.1. The highest BCUT2D eigenvalue weighted by molar-refractivity contribution is 6.23. The Labute approximate surface area is 270 Å². The predicted molar refractivity (Wildman–Crippen MR) is 173 cm³/mol. The molecule has 186 valence electrons. The lowest BCUT2D eigenvalue weighted by Gasteiger charge is -2.19. The van der Waals surface area contributed by atoms with Gasteiger partial charge < -0.3 is 0 Å². The zero-order valence-corrected chi connectivity index (χ0v) is 20.0. The van der Waals surface area contributed by atoms with Gasteiger partial charge in [0.05, 0.1) is 35.6 Å². The quantitative estimate of drug-likeness (QED) is 0.198. The third-order valence-corrected chi connectivity index (χ3v) is 6.38. The summed E-state index contributed by atoms with van der Waals surface area (Å²) in [4.78, 5) is 0. The Hall–Kier alpha value is -5.20. The summed E-state index contributed by atoms with van der Waals surface area (Å²) in [5.41, 5.74) is -4.47. The van der Waals surface area contributed by atoms with Crippen LogP contribution in [0.25, 0.3) is 76.5 Å². The molecule has 0 aliphatic carbocycles. The van der Waals surface area contributed by atoms with Gasteiger partial charge in [-0.2, -0.15) is 0 Å². The van der Waals surface area contributed by atoms with E-state index in [4.69, 9.17) is 23.3 Å². The van der Waals surface area contributed by atoms with E-state index in [1.807, 2.05) is 0 Å². The average Bonchev–Trinajstić information content (AvgIpc) is 3.28. The standard InChI is InChI=1S/C40H26/c1-3-15-31-27(11-1)13-9-21-32(31)29-23-25-30(26-24-29)39-35-17-5-7-19-37(35)40(38-20-8-6-18-36(38)39)34-22-10-14-28-12-2-4-16-33(28)34/h1-26H/i1D,2D,3D,4D,5D,6D,7D,8D,9D,10D,11D,12D,13D,14D,15D,16D,17D,18D,19D,20D,21D,22D,23D,24D,25D,26D. The first-order valence-electron chi connectivity index (χ1n) is 24.8.